The molecule has 0 bridgehead atoms. The first-order chi connectivity index (χ1) is 12.9. The number of amides is 1. The number of nitrogens with one attached hydrogen (secondary N) is 1. The highest BCUT2D eigenvalue weighted by Crippen LogP contribution is 2.36. The molecule has 0 radical (unpaired) electrons. The molecule has 144 valence electrons. The summed E-state index contributed by atoms with van der Waals surface area (Å²) in [6.45, 7) is 1.39. The highest BCUT2D eigenvalue weighted by molar-refractivity contribution is 5.77. The molecule has 0 spiro atoms. The Bertz CT molecular complexity index is 768. The SMILES string of the molecule is O=C(CN1CCOC(c2ccccc2C(F)(F)F)C1)NCc1ccccn1. The van der Waals surface area contributed by atoms with E-state index in [2.05, 4.69) is 10.3 Å². The predicted molar refractivity (Wildman–Crippen MR) is 92.7 cm³/mol. The fraction of sp³-hybridized carbons (Fsp3) is 0.368. The van der Waals surface area contributed by atoms with Gasteiger partial charge in [-0.2, -0.15) is 13.2 Å². The van der Waals surface area contributed by atoms with Crippen LogP contribution < -0.4 is 5.32 Å². The van der Waals surface area contributed by atoms with Crippen LogP contribution in [0.2, 0.25) is 0 Å². The van der Waals surface area contributed by atoms with Gasteiger partial charge >= 0.3 is 6.18 Å². The number of aromatic nitrogens is 1. The monoisotopic (exact) mass is 379 g/mol. The summed E-state index contributed by atoms with van der Waals surface area (Å²) < 4.78 is 45.3. The van der Waals surface area contributed by atoms with Crippen molar-refractivity contribution in [2.45, 2.75) is 18.8 Å². The number of hydrogen-bond donors (Lipinski definition) is 1. The van der Waals surface area contributed by atoms with Crippen molar-refractivity contribution in [1.29, 1.82) is 0 Å². The number of ether oxygens (including phenoxy) is 1. The number of hydrogen-bond acceptors (Lipinski definition) is 4. The van der Waals surface area contributed by atoms with Crippen LogP contribution in [0.25, 0.3) is 0 Å². The summed E-state index contributed by atoms with van der Waals surface area (Å²) in [5, 5.41) is 2.77. The number of alkyl halides is 3. The van der Waals surface area contributed by atoms with Crippen molar-refractivity contribution in [2.75, 3.05) is 26.2 Å². The maximum atomic E-state index is 13.2. The van der Waals surface area contributed by atoms with E-state index in [4.69, 9.17) is 4.74 Å². The summed E-state index contributed by atoms with van der Waals surface area (Å²) >= 11 is 0. The number of nitrogens with zero attached hydrogens (tertiary/aromatic N) is 2. The van der Waals surface area contributed by atoms with Crippen molar-refractivity contribution in [3.05, 3.63) is 65.5 Å². The Morgan fingerprint density at radius 1 is 1.22 bits per heavy atom. The quantitative estimate of drug-likeness (QED) is 0.868. The molecule has 1 saturated heterocycles. The number of rotatable bonds is 5. The molecule has 1 aliphatic rings. The third kappa shape index (κ3) is 5.27. The molecular weight excluding hydrogens is 359 g/mol. The fourth-order valence-electron chi connectivity index (χ4n) is 3.02. The summed E-state index contributed by atoms with van der Waals surface area (Å²) in [6, 6.07) is 10.8. The summed E-state index contributed by atoms with van der Waals surface area (Å²) in [7, 11) is 0. The molecule has 1 unspecified atom stereocenters. The molecule has 1 fully saturated rings. The molecule has 2 heterocycles. The van der Waals surface area contributed by atoms with E-state index in [0.29, 0.717) is 13.1 Å². The minimum absolute atomic E-state index is 0.0981. The summed E-state index contributed by atoms with van der Waals surface area (Å²) in [6.07, 6.45) is -3.52. The molecule has 2 aromatic rings. The van der Waals surface area contributed by atoms with Crippen LogP contribution in [0.1, 0.15) is 22.9 Å². The second-order valence-electron chi connectivity index (χ2n) is 6.28. The first kappa shape index (κ1) is 19.3. The van der Waals surface area contributed by atoms with E-state index in [-0.39, 0.29) is 31.2 Å². The van der Waals surface area contributed by atoms with Crippen molar-refractivity contribution < 1.29 is 22.7 Å². The summed E-state index contributed by atoms with van der Waals surface area (Å²) in [5.41, 5.74) is 0.143. The van der Waals surface area contributed by atoms with Gasteiger partial charge in [-0.3, -0.25) is 14.7 Å². The van der Waals surface area contributed by atoms with Crippen molar-refractivity contribution in [3.63, 3.8) is 0 Å². The van der Waals surface area contributed by atoms with Crippen LogP contribution in [0.4, 0.5) is 13.2 Å². The minimum atomic E-state index is -4.44. The Balaban J connectivity index is 1.59. The molecular formula is C19H20F3N3O2. The second-order valence-corrected chi connectivity index (χ2v) is 6.28. The van der Waals surface area contributed by atoms with Crippen LogP contribution in [0, 0.1) is 0 Å². The Morgan fingerprint density at radius 3 is 2.74 bits per heavy atom. The van der Waals surface area contributed by atoms with Gasteiger partial charge in [0.2, 0.25) is 5.91 Å². The topological polar surface area (TPSA) is 54.5 Å². The highest BCUT2D eigenvalue weighted by Gasteiger charge is 2.36. The van der Waals surface area contributed by atoms with E-state index >= 15 is 0 Å². The van der Waals surface area contributed by atoms with E-state index in [1.54, 1.807) is 29.3 Å². The standard InChI is InChI=1S/C19H20F3N3O2/c20-19(21,22)16-7-2-1-6-15(16)17-12-25(9-10-27-17)13-18(26)24-11-14-5-3-4-8-23-14/h1-8,17H,9-13H2,(H,24,26). The molecule has 8 heteroatoms. The molecule has 5 nitrogen and oxygen atoms in total. The molecule has 0 aliphatic carbocycles. The Labute approximate surface area is 155 Å². The zero-order valence-electron chi connectivity index (χ0n) is 14.6. The number of halogens is 3. The lowest BCUT2D eigenvalue weighted by atomic mass is 10.0. The van der Waals surface area contributed by atoms with Gasteiger partial charge in [0, 0.05) is 19.3 Å². The lowest BCUT2D eigenvalue weighted by Crippen LogP contribution is -2.44. The third-order valence-corrected chi connectivity index (χ3v) is 4.32. The van der Waals surface area contributed by atoms with Crippen LogP contribution in [-0.2, 0) is 22.3 Å². The number of benzene rings is 1. The molecule has 1 aromatic heterocycles. The Hall–Kier alpha value is -2.45. The first-order valence-electron chi connectivity index (χ1n) is 8.60. The van der Waals surface area contributed by atoms with Crippen molar-refractivity contribution in [1.82, 2.24) is 15.2 Å². The zero-order valence-corrected chi connectivity index (χ0v) is 14.6. The normalized spacial score (nSPS) is 18.3. The average Bonchev–Trinajstić information content (AvgIpc) is 2.67. The van der Waals surface area contributed by atoms with E-state index in [0.717, 1.165) is 11.8 Å². The number of carbonyl (C=O) groups is 1. The van der Waals surface area contributed by atoms with Gasteiger partial charge in [-0.05, 0) is 23.8 Å². The van der Waals surface area contributed by atoms with Gasteiger partial charge in [0.05, 0.1) is 37.1 Å². The van der Waals surface area contributed by atoms with E-state index in [9.17, 15) is 18.0 Å². The molecule has 1 aromatic carbocycles. The highest BCUT2D eigenvalue weighted by atomic mass is 19.4. The molecule has 0 saturated carbocycles. The third-order valence-electron chi connectivity index (χ3n) is 4.32. The zero-order chi connectivity index (χ0) is 19.3. The van der Waals surface area contributed by atoms with Gasteiger partial charge in [0.1, 0.15) is 0 Å². The summed E-state index contributed by atoms with van der Waals surface area (Å²) in [5.74, 6) is -0.203. The van der Waals surface area contributed by atoms with Crippen LogP contribution in [0.5, 0.6) is 0 Å². The molecule has 1 aliphatic heterocycles. The van der Waals surface area contributed by atoms with Gasteiger partial charge in [0.15, 0.2) is 0 Å². The summed E-state index contributed by atoms with van der Waals surface area (Å²) in [4.78, 5) is 18.1. The molecule has 1 atom stereocenters. The molecule has 3 rings (SSSR count). The Kier molecular flexibility index (Phi) is 6.08. The van der Waals surface area contributed by atoms with Gasteiger partial charge in [-0.1, -0.05) is 24.3 Å². The van der Waals surface area contributed by atoms with E-state index < -0.39 is 17.8 Å². The van der Waals surface area contributed by atoms with Crippen molar-refractivity contribution >= 4 is 5.91 Å². The minimum Gasteiger partial charge on any atom is -0.371 e. The Morgan fingerprint density at radius 2 is 2.00 bits per heavy atom. The van der Waals surface area contributed by atoms with Crippen LogP contribution >= 0.6 is 0 Å². The first-order valence-corrected chi connectivity index (χ1v) is 8.60. The molecule has 1 N–H and O–H groups in total. The maximum Gasteiger partial charge on any atom is 0.416 e. The molecule has 27 heavy (non-hydrogen) atoms. The number of morpholine rings is 1. The number of pyridine rings is 1. The fourth-order valence-corrected chi connectivity index (χ4v) is 3.02. The maximum absolute atomic E-state index is 13.2. The second kappa shape index (κ2) is 8.49. The van der Waals surface area contributed by atoms with Crippen molar-refractivity contribution in [2.24, 2.45) is 0 Å². The van der Waals surface area contributed by atoms with Crippen LogP contribution in [-0.4, -0.2) is 42.0 Å². The number of carbonyl (C=O) groups excluding carboxylic acids is 1. The van der Waals surface area contributed by atoms with Gasteiger partial charge in [0.25, 0.3) is 0 Å². The average molecular weight is 379 g/mol. The predicted octanol–water partition coefficient (Wildman–Crippen LogP) is 2.79. The lowest BCUT2D eigenvalue weighted by Gasteiger charge is -2.33. The molecule has 1 amide bonds. The largest absolute Gasteiger partial charge is 0.416 e. The van der Waals surface area contributed by atoms with Crippen LogP contribution in [0.15, 0.2) is 48.7 Å². The van der Waals surface area contributed by atoms with E-state index in [1.165, 1.54) is 12.1 Å². The van der Waals surface area contributed by atoms with Gasteiger partial charge in [-0.25, -0.2) is 0 Å². The van der Waals surface area contributed by atoms with Crippen molar-refractivity contribution in [3.8, 4) is 0 Å². The smallest absolute Gasteiger partial charge is 0.371 e. The lowest BCUT2D eigenvalue weighted by molar-refractivity contribution is -0.141. The van der Waals surface area contributed by atoms with Crippen LogP contribution in [0.3, 0.4) is 0 Å². The van der Waals surface area contributed by atoms with Gasteiger partial charge < -0.3 is 10.1 Å². The van der Waals surface area contributed by atoms with E-state index in [1.807, 2.05) is 6.07 Å². The van der Waals surface area contributed by atoms with Gasteiger partial charge in [-0.15, -0.1) is 0 Å².